The smallest absolute Gasteiger partial charge is 0.0721 e. The lowest BCUT2D eigenvalue weighted by Crippen LogP contribution is -2.27. The molecule has 0 amide bonds. The Hall–Kier alpha value is -0.580. The van der Waals surface area contributed by atoms with E-state index >= 15 is 0 Å². The summed E-state index contributed by atoms with van der Waals surface area (Å²) in [5.41, 5.74) is 7.68. The average molecular weight is 314 g/mol. The summed E-state index contributed by atoms with van der Waals surface area (Å²) < 4.78 is 12.4. The molecule has 1 aliphatic carbocycles. The predicted octanol–water partition coefficient (Wildman–Crippen LogP) is 3.51. The first-order valence-corrected chi connectivity index (χ1v) is 7.16. The Bertz CT molecular complexity index is 377. The zero-order chi connectivity index (χ0) is 13.0. The second kappa shape index (κ2) is 6.55. The van der Waals surface area contributed by atoms with Gasteiger partial charge >= 0.3 is 0 Å². The van der Waals surface area contributed by atoms with Crippen LogP contribution in [0.2, 0.25) is 0 Å². The third-order valence-corrected chi connectivity index (χ3v) is 3.83. The maximum atomic E-state index is 5.95. The number of methoxy groups -OCH3 is 1. The number of ether oxygens (including phenoxy) is 2. The Kier molecular flexibility index (Phi) is 5.03. The van der Waals surface area contributed by atoms with Crippen LogP contribution < -0.4 is 5.73 Å². The van der Waals surface area contributed by atoms with Gasteiger partial charge in [-0.25, -0.2) is 0 Å². The number of hydrogen-bond donors (Lipinski definition) is 1. The standard InChI is InChI=1S/C14H20BrNO2/c1-17-13-3-2-4-14(8-13)18-9-10-5-11(15)7-12(16)6-10/h5-7,13-14H,2-4,8-9,16H2,1H3. The van der Waals surface area contributed by atoms with Crippen molar-refractivity contribution in [2.75, 3.05) is 12.8 Å². The molecule has 100 valence electrons. The zero-order valence-electron chi connectivity index (χ0n) is 10.7. The number of halogens is 1. The molecule has 0 saturated heterocycles. The van der Waals surface area contributed by atoms with Crippen LogP contribution in [0.3, 0.4) is 0 Å². The first-order chi connectivity index (χ1) is 8.67. The number of anilines is 1. The van der Waals surface area contributed by atoms with E-state index in [0.29, 0.717) is 18.8 Å². The van der Waals surface area contributed by atoms with Crippen LogP contribution in [0.5, 0.6) is 0 Å². The molecule has 0 heterocycles. The van der Waals surface area contributed by atoms with E-state index in [1.165, 1.54) is 6.42 Å². The van der Waals surface area contributed by atoms with Gasteiger partial charge in [0.25, 0.3) is 0 Å². The summed E-state index contributed by atoms with van der Waals surface area (Å²) in [6, 6.07) is 5.90. The van der Waals surface area contributed by atoms with Gasteiger partial charge in [0.2, 0.25) is 0 Å². The lowest BCUT2D eigenvalue weighted by molar-refractivity contribution is -0.0363. The van der Waals surface area contributed by atoms with Crippen LogP contribution >= 0.6 is 15.9 Å². The first kappa shape index (κ1) is 13.8. The molecule has 2 unspecified atom stereocenters. The largest absolute Gasteiger partial charge is 0.399 e. The van der Waals surface area contributed by atoms with Crippen molar-refractivity contribution in [1.82, 2.24) is 0 Å². The second-order valence-corrected chi connectivity index (χ2v) is 5.77. The molecule has 0 aromatic heterocycles. The highest BCUT2D eigenvalue weighted by Gasteiger charge is 2.22. The van der Waals surface area contributed by atoms with Gasteiger partial charge in [0, 0.05) is 17.3 Å². The van der Waals surface area contributed by atoms with E-state index in [0.717, 1.165) is 35.0 Å². The number of hydrogen-bond acceptors (Lipinski definition) is 3. The highest BCUT2D eigenvalue weighted by atomic mass is 79.9. The van der Waals surface area contributed by atoms with E-state index in [2.05, 4.69) is 15.9 Å². The minimum Gasteiger partial charge on any atom is -0.399 e. The van der Waals surface area contributed by atoms with E-state index < -0.39 is 0 Å². The Morgan fingerprint density at radius 3 is 2.78 bits per heavy atom. The second-order valence-electron chi connectivity index (χ2n) is 4.85. The normalized spacial score (nSPS) is 24.1. The summed E-state index contributed by atoms with van der Waals surface area (Å²) in [4.78, 5) is 0. The molecule has 1 aliphatic rings. The Labute approximate surface area is 117 Å². The SMILES string of the molecule is COC1CCCC(OCc2cc(N)cc(Br)c2)C1. The van der Waals surface area contributed by atoms with Gasteiger partial charge in [-0.3, -0.25) is 0 Å². The van der Waals surface area contributed by atoms with Gasteiger partial charge in [-0.05, 0) is 49.4 Å². The fraction of sp³-hybridized carbons (Fsp3) is 0.571. The lowest BCUT2D eigenvalue weighted by atomic mass is 9.95. The summed E-state index contributed by atoms with van der Waals surface area (Å²) in [7, 11) is 1.78. The predicted molar refractivity (Wildman–Crippen MR) is 76.4 cm³/mol. The van der Waals surface area contributed by atoms with Gasteiger partial charge in [-0.2, -0.15) is 0 Å². The van der Waals surface area contributed by atoms with E-state index in [4.69, 9.17) is 15.2 Å². The van der Waals surface area contributed by atoms with Crippen LogP contribution in [0, 0.1) is 0 Å². The Balaban J connectivity index is 1.87. The van der Waals surface area contributed by atoms with Gasteiger partial charge in [0.15, 0.2) is 0 Å². The van der Waals surface area contributed by atoms with Gasteiger partial charge < -0.3 is 15.2 Å². The zero-order valence-corrected chi connectivity index (χ0v) is 12.3. The van der Waals surface area contributed by atoms with Gasteiger partial charge in [0.05, 0.1) is 18.8 Å². The van der Waals surface area contributed by atoms with E-state index in [1.54, 1.807) is 7.11 Å². The van der Waals surface area contributed by atoms with E-state index in [1.807, 2.05) is 18.2 Å². The van der Waals surface area contributed by atoms with Crippen LogP contribution in [0.1, 0.15) is 31.2 Å². The summed E-state index contributed by atoms with van der Waals surface area (Å²) in [5.74, 6) is 0. The lowest BCUT2D eigenvalue weighted by Gasteiger charge is -2.28. The highest BCUT2D eigenvalue weighted by Crippen LogP contribution is 2.25. The number of rotatable bonds is 4. The number of nitrogen functional groups attached to an aromatic ring is 1. The number of nitrogens with two attached hydrogens (primary N) is 1. The Morgan fingerprint density at radius 2 is 2.06 bits per heavy atom. The van der Waals surface area contributed by atoms with Crippen LogP contribution in [-0.2, 0) is 16.1 Å². The summed E-state index contributed by atoms with van der Waals surface area (Å²) >= 11 is 3.44. The van der Waals surface area contributed by atoms with E-state index in [9.17, 15) is 0 Å². The molecular formula is C14H20BrNO2. The molecule has 2 rings (SSSR count). The molecule has 0 bridgehead atoms. The molecule has 1 saturated carbocycles. The van der Waals surface area contributed by atoms with Gasteiger partial charge in [-0.15, -0.1) is 0 Å². The van der Waals surface area contributed by atoms with Crippen LogP contribution in [-0.4, -0.2) is 19.3 Å². The quantitative estimate of drug-likeness (QED) is 0.865. The summed E-state index contributed by atoms with van der Waals surface area (Å²) in [6.07, 6.45) is 5.13. The van der Waals surface area contributed by atoms with Crippen molar-refractivity contribution in [1.29, 1.82) is 0 Å². The van der Waals surface area contributed by atoms with Crippen molar-refractivity contribution >= 4 is 21.6 Å². The van der Waals surface area contributed by atoms with Crippen molar-refractivity contribution in [2.24, 2.45) is 0 Å². The third kappa shape index (κ3) is 3.97. The molecule has 0 radical (unpaired) electrons. The molecule has 4 heteroatoms. The summed E-state index contributed by atoms with van der Waals surface area (Å²) in [5, 5.41) is 0. The fourth-order valence-corrected chi connectivity index (χ4v) is 3.00. The maximum Gasteiger partial charge on any atom is 0.0721 e. The topological polar surface area (TPSA) is 44.5 Å². The van der Waals surface area contributed by atoms with Crippen LogP contribution in [0.15, 0.2) is 22.7 Å². The molecule has 0 spiro atoms. The maximum absolute atomic E-state index is 5.95. The average Bonchev–Trinajstić information content (AvgIpc) is 2.35. The van der Waals surface area contributed by atoms with E-state index in [-0.39, 0.29) is 0 Å². The molecule has 1 aromatic carbocycles. The van der Waals surface area contributed by atoms with Crippen molar-refractivity contribution in [2.45, 2.75) is 44.5 Å². The minimum absolute atomic E-state index is 0.309. The van der Waals surface area contributed by atoms with Crippen molar-refractivity contribution in [3.8, 4) is 0 Å². The molecule has 18 heavy (non-hydrogen) atoms. The first-order valence-electron chi connectivity index (χ1n) is 6.36. The third-order valence-electron chi connectivity index (χ3n) is 3.38. The highest BCUT2D eigenvalue weighted by molar-refractivity contribution is 9.10. The van der Waals surface area contributed by atoms with Crippen molar-refractivity contribution < 1.29 is 9.47 Å². The molecule has 2 N–H and O–H groups in total. The van der Waals surface area contributed by atoms with Gasteiger partial charge in [0.1, 0.15) is 0 Å². The van der Waals surface area contributed by atoms with Crippen LogP contribution in [0.4, 0.5) is 5.69 Å². The van der Waals surface area contributed by atoms with Crippen molar-refractivity contribution in [3.05, 3.63) is 28.2 Å². The fourth-order valence-electron chi connectivity index (χ4n) is 2.44. The molecule has 2 atom stereocenters. The summed E-state index contributed by atoms with van der Waals surface area (Å²) in [6.45, 7) is 0.616. The molecular weight excluding hydrogens is 294 g/mol. The molecule has 0 aliphatic heterocycles. The number of benzene rings is 1. The minimum atomic E-state index is 0.309. The van der Waals surface area contributed by atoms with Crippen molar-refractivity contribution in [3.63, 3.8) is 0 Å². The molecule has 1 fully saturated rings. The molecule has 3 nitrogen and oxygen atoms in total. The van der Waals surface area contributed by atoms with Crippen LogP contribution in [0.25, 0.3) is 0 Å². The Morgan fingerprint density at radius 1 is 1.28 bits per heavy atom. The monoisotopic (exact) mass is 313 g/mol. The molecule has 1 aromatic rings. The van der Waals surface area contributed by atoms with Gasteiger partial charge in [-0.1, -0.05) is 15.9 Å².